The summed E-state index contributed by atoms with van der Waals surface area (Å²) in [5, 5.41) is 2.62. The molecule has 1 aromatic carbocycles. The highest BCUT2D eigenvalue weighted by molar-refractivity contribution is 7.92. The first kappa shape index (κ1) is 14.7. The molecule has 102 valence electrons. The van der Waals surface area contributed by atoms with E-state index >= 15 is 0 Å². The van der Waals surface area contributed by atoms with Crippen LogP contribution in [0.3, 0.4) is 0 Å². The number of rotatable bonds is 6. The third-order valence-corrected chi connectivity index (χ3v) is 3.62. The van der Waals surface area contributed by atoms with Gasteiger partial charge in [0, 0.05) is 11.4 Å². The molecule has 0 bridgehead atoms. The Morgan fingerprint density at radius 3 is 2.11 bits per heavy atom. The Hall–Kier alpha value is -1.37. The van der Waals surface area contributed by atoms with Crippen molar-refractivity contribution in [2.75, 3.05) is 15.8 Å². The van der Waals surface area contributed by atoms with E-state index in [-0.39, 0.29) is 5.75 Å². The first-order valence-electron chi connectivity index (χ1n) is 5.49. The lowest BCUT2D eigenvalue weighted by molar-refractivity contribution is 0.131. The van der Waals surface area contributed by atoms with E-state index in [9.17, 15) is 17.2 Å². The number of hydrogen-bond acceptors (Lipinski definition) is 3. The van der Waals surface area contributed by atoms with Gasteiger partial charge in [-0.2, -0.15) is 0 Å². The van der Waals surface area contributed by atoms with Gasteiger partial charge in [0.05, 0.1) is 11.8 Å². The topological polar surface area (TPSA) is 58.2 Å². The molecular weight excluding hydrogens is 262 g/mol. The van der Waals surface area contributed by atoms with Gasteiger partial charge in [0.2, 0.25) is 10.0 Å². The predicted molar refractivity (Wildman–Crippen MR) is 68.6 cm³/mol. The molecule has 0 aliphatic heterocycles. The fraction of sp³-hybridized carbons (Fsp3) is 0.455. The number of hydrogen-bond donors (Lipinski definition) is 2. The molecule has 2 N–H and O–H groups in total. The number of benzene rings is 1. The van der Waals surface area contributed by atoms with Gasteiger partial charge in [-0.1, -0.05) is 0 Å². The zero-order valence-electron chi connectivity index (χ0n) is 10.2. The summed E-state index contributed by atoms with van der Waals surface area (Å²) in [4.78, 5) is 0. The average Bonchev–Trinajstić information content (AvgIpc) is 2.31. The number of alkyl halides is 2. The Labute approximate surface area is 105 Å². The van der Waals surface area contributed by atoms with Crippen LogP contribution < -0.4 is 10.0 Å². The minimum absolute atomic E-state index is 0.0184. The van der Waals surface area contributed by atoms with E-state index in [1.807, 2.05) is 0 Å². The summed E-state index contributed by atoms with van der Waals surface area (Å²) in [5.74, 6) is -0.0184. The molecule has 0 aromatic heterocycles. The summed E-state index contributed by atoms with van der Waals surface area (Å²) in [6.45, 7) is 2.90. The fourth-order valence-electron chi connectivity index (χ4n) is 1.21. The van der Waals surface area contributed by atoms with Gasteiger partial charge in [-0.3, -0.25) is 4.72 Å². The van der Waals surface area contributed by atoms with Crippen molar-refractivity contribution in [1.82, 2.24) is 0 Å². The molecule has 0 saturated carbocycles. The summed E-state index contributed by atoms with van der Waals surface area (Å²) in [5.41, 5.74) is 0.925. The van der Waals surface area contributed by atoms with E-state index in [4.69, 9.17) is 0 Å². The van der Waals surface area contributed by atoms with Crippen molar-refractivity contribution in [3.63, 3.8) is 0 Å². The quantitative estimate of drug-likeness (QED) is 0.840. The largest absolute Gasteiger partial charge is 0.377 e. The maximum atomic E-state index is 12.3. The first-order chi connectivity index (χ1) is 8.34. The van der Waals surface area contributed by atoms with Crippen LogP contribution in [0.1, 0.15) is 13.8 Å². The third-order valence-electron chi connectivity index (χ3n) is 2.31. The summed E-state index contributed by atoms with van der Waals surface area (Å²) in [6.07, 6.45) is -2.46. The molecular formula is C11H16F2N2O2S. The van der Waals surface area contributed by atoms with Crippen molar-refractivity contribution in [2.45, 2.75) is 26.3 Å². The lowest BCUT2D eigenvalue weighted by atomic mass is 10.2. The van der Waals surface area contributed by atoms with Crippen LogP contribution >= 0.6 is 0 Å². The van der Waals surface area contributed by atoms with Gasteiger partial charge in [-0.05, 0) is 38.1 Å². The minimum Gasteiger partial charge on any atom is -0.377 e. The van der Waals surface area contributed by atoms with Gasteiger partial charge in [0.1, 0.15) is 0 Å². The van der Waals surface area contributed by atoms with Crippen molar-refractivity contribution in [3.8, 4) is 0 Å². The van der Waals surface area contributed by atoms with Crippen molar-refractivity contribution < 1.29 is 17.2 Å². The Morgan fingerprint density at radius 2 is 1.67 bits per heavy atom. The van der Waals surface area contributed by atoms with Crippen LogP contribution in [0.4, 0.5) is 20.2 Å². The van der Waals surface area contributed by atoms with Gasteiger partial charge in [0.25, 0.3) is 6.43 Å². The van der Waals surface area contributed by atoms with Crippen LogP contribution in [0.15, 0.2) is 24.3 Å². The van der Waals surface area contributed by atoms with Crippen molar-refractivity contribution >= 4 is 21.4 Å². The Bertz CT molecular complexity index is 474. The van der Waals surface area contributed by atoms with Crippen LogP contribution in [0, 0.1) is 0 Å². The first-order valence-corrected chi connectivity index (χ1v) is 7.14. The lowest BCUT2D eigenvalue weighted by Gasteiger charge is -2.14. The smallest absolute Gasteiger partial charge is 0.258 e. The Kier molecular flexibility index (Phi) is 4.89. The molecule has 1 unspecified atom stereocenters. The highest BCUT2D eigenvalue weighted by atomic mass is 32.2. The maximum absolute atomic E-state index is 12.3. The van der Waals surface area contributed by atoms with Gasteiger partial charge < -0.3 is 5.32 Å². The number of nitrogens with one attached hydrogen (secondary N) is 2. The molecule has 4 nitrogen and oxygen atoms in total. The average molecular weight is 278 g/mol. The molecule has 0 saturated heterocycles. The van der Waals surface area contributed by atoms with Gasteiger partial charge in [0.15, 0.2) is 0 Å². The maximum Gasteiger partial charge on any atom is 0.258 e. The number of halogens is 2. The van der Waals surface area contributed by atoms with Crippen LogP contribution in [-0.4, -0.2) is 26.6 Å². The van der Waals surface area contributed by atoms with Crippen LogP contribution in [0.2, 0.25) is 0 Å². The molecule has 1 atom stereocenters. The van der Waals surface area contributed by atoms with E-state index in [1.54, 1.807) is 12.1 Å². The van der Waals surface area contributed by atoms with Crippen molar-refractivity contribution in [2.24, 2.45) is 0 Å². The van der Waals surface area contributed by atoms with E-state index in [2.05, 4.69) is 10.0 Å². The molecule has 0 fully saturated rings. The summed E-state index contributed by atoms with van der Waals surface area (Å²) in [7, 11) is -3.31. The molecule has 0 aliphatic carbocycles. The molecule has 7 heteroatoms. The standard InChI is InChI=1S/C11H16F2N2O2S/c1-3-18(16,17)15-10-6-4-9(5-7-10)14-8(2)11(12)13/h4-8,11,14-15H,3H2,1-2H3. The highest BCUT2D eigenvalue weighted by Crippen LogP contribution is 2.17. The zero-order valence-corrected chi connectivity index (χ0v) is 11.0. The van der Waals surface area contributed by atoms with E-state index in [0.717, 1.165) is 0 Å². The van der Waals surface area contributed by atoms with Gasteiger partial charge in [-0.25, -0.2) is 17.2 Å². The van der Waals surface area contributed by atoms with E-state index in [0.29, 0.717) is 11.4 Å². The molecule has 0 aliphatic rings. The Balaban J connectivity index is 2.69. The van der Waals surface area contributed by atoms with Crippen LogP contribution in [0.5, 0.6) is 0 Å². The SMILES string of the molecule is CCS(=O)(=O)Nc1ccc(NC(C)C(F)F)cc1. The normalized spacial score (nSPS) is 13.4. The Morgan fingerprint density at radius 1 is 1.17 bits per heavy atom. The van der Waals surface area contributed by atoms with Crippen LogP contribution in [-0.2, 0) is 10.0 Å². The monoisotopic (exact) mass is 278 g/mol. The number of anilines is 2. The van der Waals surface area contributed by atoms with E-state index in [1.165, 1.54) is 26.0 Å². The molecule has 1 rings (SSSR count). The lowest BCUT2D eigenvalue weighted by Crippen LogP contribution is -2.23. The third kappa shape index (κ3) is 4.48. The molecule has 18 heavy (non-hydrogen) atoms. The zero-order chi connectivity index (χ0) is 13.8. The van der Waals surface area contributed by atoms with E-state index < -0.39 is 22.5 Å². The number of sulfonamides is 1. The molecule has 0 heterocycles. The second-order valence-corrected chi connectivity index (χ2v) is 5.86. The van der Waals surface area contributed by atoms with Crippen molar-refractivity contribution in [3.05, 3.63) is 24.3 Å². The minimum atomic E-state index is -3.31. The van der Waals surface area contributed by atoms with Crippen LogP contribution in [0.25, 0.3) is 0 Å². The molecule has 0 radical (unpaired) electrons. The predicted octanol–water partition coefficient (Wildman–Crippen LogP) is 2.51. The second-order valence-electron chi connectivity index (χ2n) is 3.85. The second kappa shape index (κ2) is 5.99. The van der Waals surface area contributed by atoms with Gasteiger partial charge in [-0.15, -0.1) is 0 Å². The fourth-order valence-corrected chi connectivity index (χ4v) is 1.85. The molecule has 0 spiro atoms. The highest BCUT2D eigenvalue weighted by Gasteiger charge is 2.13. The molecule has 1 aromatic rings. The summed E-state index contributed by atoms with van der Waals surface area (Å²) < 4.78 is 49.6. The molecule has 0 amide bonds. The summed E-state index contributed by atoms with van der Waals surface area (Å²) in [6, 6.07) is 5.18. The summed E-state index contributed by atoms with van der Waals surface area (Å²) >= 11 is 0. The van der Waals surface area contributed by atoms with Crippen molar-refractivity contribution in [1.29, 1.82) is 0 Å². The van der Waals surface area contributed by atoms with Gasteiger partial charge >= 0.3 is 0 Å².